The summed E-state index contributed by atoms with van der Waals surface area (Å²) in [6.07, 6.45) is 4.97. The summed E-state index contributed by atoms with van der Waals surface area (Å²) in [5, 5.41) is 3.70. The van der Waals surface area contributed by atoms with E-state index in [-0.39, 0.29) is 0 Å². The van der Waals surface area contributed by atoms with Gasteiger partial charge in [0, 0.05) is 0 Å². The van der Waals surface area contributed by atoms with Crippen LogP contribution in [0, 0.1) is 41.5 Å². The summed E-state index contributed by atoms with van der Waals surface area (Å²) < 4.78 is 0. The largest absolute Gasteiger partial charge is 0.247 e. The van der Waals surface area contributed by atoms with Gasteiger partial charge in [-0.05, 0) is 162 Å². The van der Waals surface area contributed by atoms with E-state index in [1.807, 2.05) is 0 Å². The third kappa shape index (κ3) is 11.8. The Kier molecular flexibility index (Phi) is 14.2. The molecule has 68 heavy (non-hydrogen) atoms. The predicted octanol–water partition coefficient (Wildman–Crippen LogP) is 14.3. The first-order valence-corrected chi connectivity index (χ1v) is 27.3. The zero-order valence-corrected chi connectivity index (χ0v) is 42.4. The molecule has 0 N–H and O–H groups in total. The summed E-state index contributed by atoms with van der Waals surface area (Å²) in [5.41, 5.74) is 23.3. The maximum atomic E-state index is 9.06. The van der Waals surface area contributed by atoms with Crippen LogP contribution in [0.5, 0.6) is 0 Å². The third-order valence-electron chi connectivity index (χ3n) is 13.3. The Morgan fingerprint density at radius 1 is 0.235 bits per heavy atom. The molecule has 0 amide bonds. The first-order valence-electron chi connectivity index (χ1n) is 24.3. The van der Waals surface area contributed by atoms with E-state index in [0.717, 1.165) is 38.5 Å². The monoisotopic (exact) mass is 918 g/mol. The van der Waals surface area contributed by atoms with E-state index >= 15 is 0 Å². The Morgan fingerprint density at radius 3 is 0.574 bits per heavy atom. The van der Waals surface area contributed by atoms with Crippen LogP contribution >= 0.6 is 11.1 Å². The molecule has 0 saturated carbocycles. The second kappa shape index (κ2) is 20.8. The van der Waals surface area contributed by atoms with Crippen LogP contribution in [-0.4, -0.2) is 7.38 Å². The molecular formula is C66H63ClSi. The summed E-state index contributed by atoms with van der Waals surface area (Å²) in [5.74, 6) is 0. The molecule has 0 atom stereocenters. The Hall–Kier alpha value is -6.51. The molecule has 0 fully saturated rings. The predicted molar refractivity (Wildman–Crippen MR) is 294 cm³/mol. The standard InChI is InChI=1S/C66H63ClSi/c1-46-13-7-19-52(25-46)31-58-37-59(32-53-20-8-14-47(2)26-53)41-64(40-58)68(67,65-42-60(33-54-21-9-15-48(3)27-54)38-61(43-65)34-55-22-10-16-49(4)28-55)66-44-62(35-56-23-11-17-50(5)29-56)39-63(45-66)36-57-24-12-18-51(6)30-57/h7-30,37-45H,31-36H2,1-6H3. The number of halogens is 1. The van der Waals surface area contributed by atoms with Crippen molar-refractivity contribution in [3.63, 3.8) is 0 Å². The first kappa shape index (κ1) is 46.6. The fourth-order valence-electron chi connectivity index (χ4n) is 10.3. The van der Waals surface area contributed by atoms with Crippen LogP contribution in [0.4, 0.5) is 0 Å². The van der Waals surface area contributed by atoms with Crippen LogP contribution in [0.25, 0.3) is 0 Å². The highest BCUT2D eigenvalue weighted by atomic mass is 35.6. The van der Waals surface area contributed by atoms with Crippen LogP contribution < -0.4 is 15.6 Å². The molecule has 9 aromatic carbocycles. The number of rotatable bonds is 15. The molecule has 0 aromatic heterocycles. The summed E-state index contributed by atoms with van der Waals surface area (Å²) in [4.78, 5) is 0. The van der Waals surface area contributed by atoms with E-state index in [2.05, 4.69) is 242 Å². The zero-order valence-electron chi connectivity index (χ0n) is 40.7. The molecule has 9 rings (SSSR count). The van der Waals surface area contributed by atoms with Crippen molar-refractivity contribution in [2.24, 2.45) is 0 Å². The van der Waals surface area contributed by atoms with Crippen molar-refractivity contribution in [3.8, 4) is 0 Å². The fraction of sp³-hybridized carbons (Fsp3) is 0.182. The average molecular weight is 920 g/mol. The van der Waals surface area contributed by atoms with Gasteiger partial charge in [0.1, 0.15) is 0 Å². The van der Waals surface area contributed by atoms with Crippen molar-refractivity contribution in [2.45, 2.75) is 80.1 Å². The van der Waals surface area contributed by atoms with E-state index in [4.69, 9.17) is 11.1 Å². The Morgan fingerprint density at radius 2 is 0.412 bits per heavy atom. The molecule has 0 saturated heterocycles. The summed E-state index contributed by atoms with van der Waals surface area (Å²) >= 11 is 9.06. The van der Waals surface area contributed by atoms with E-state index in [0.29, 0.717) is 0 Å². The lowest BCUT2D eigenvalue weighted by atomic mass is 9.97. The molecule has 0 aliphatic carbocycles. The van der Waals surface area contributed by atoms with Gasteiger partial charge in [-0.15, -0.1) is 11.1 Å². The molecule has 0 unspecified atom stereocenters. The third-order valence-corrected chi connectivity index (χ3v) is 18.5. The molecule has 0 spiro atoms. The van der Waals surface area contributed by atoms with Gasteiger partial charge >= 0.3 is 0 Å². The molecular weight excluding hydrogens is 856 g/mol. The lowest BCUT2D eigenvalue weighted by Crippen LogP contribution is -2.63. The molecule has 0 radical (unpaired) electrons. The van der Waals surface area contributed by atoms with Crippen molar-refractivity contribution >= 4 is 34.0 Å². The first-order chi connectivity index (χ1) is 32.9. The minimum absolute atomic E-state index is 0.829. The van der Waals surface area contributed by atoms with Gasteiger partial charge in [0.05, 0.1) is 0 Å². The number of hydrogen-bond acceptors (Lipinski definition) is 0. The summed E-state index contributed by atoms with van der Waals surface area (Å²) in [6.45, 7) is 13.1. The van der Waals surface area contributed by atoms with E-state index in [1.165, 1.54) is 116 Å². The smallest absolute Gasteiger partial charge is 0.149 e. The van der Waals surface area contributed by atoms with E-state index in [1.54, 1.807) is 0 Å². The second-order valence-electron chi connectivity index (χ2n) is 19.8. The van der Waals surface area contributed by atoms with Gasteiger partial charge in [0.25, 0.3) is 0 Å². The normalized spacial score (nSPS) is 11.5. The van der Waals surface area contributed by atoms with Crippen LogP contribution in [0.1, 0.15) is 100 Å². The molecule has 338 valence electrons. The maximum absolute atomic E-state index is 9.06. The van der Waals surface area contributed by atoms with Gasteiger partial charge in [-0.25, -0.2) is 0 Å². The lowest BCUT2D eigenvalue weighted by Gasteiger charge is -2.30. The number of aryl methyl sites for hydroxylation is 6. The highest BCUT2D eigenvalue weighted by Crippen LogP contribution is 2.26. The van der Waals surface area contributed by atoms with Crippen molar-refractivity contribution in [1.82, 2.24) is 0 Å². The quantitative estimate of drug-likeness (QED) is 0.0546. The van der Waals surface area contributed by atoms with Crippen LogP contribution in [0.3, 0.4) is 0 Å². The van der Waals surface area contributed by atoms with Gasteiger partial charge in [-0.3, -0.25) is 0 Å². The van der Waals surface area contributed by atoms with Crippen LogP contribution in [0.2, 0.25) is 0 Å². The molecule has 0 bridgehead atoms. The van der Waals surface area contributed by atoms with Gasteiger partial charge in [0.2, 0.25) is 7.38 Å². The number of benzene rings is 9. The molecule has 0 aliphatic rings. The zero-order chi connectivity index (χ0) is 47.2. The lowest BCUT2D eigenvalue weighted by molar-refractivity contribution is 1.13. The van der Waals surface area contributed by atoms with Crippen LogP contribution in [-0.2, 0) is 38.5 Å². The molecule has 0 nitrogen and oxygen atoms in total. The summed E-state index contributed by atoms with van der Waals surface area (Å²) in [6, 6.07) is 76.0. The van der Waals surface area contributed by atoms with Gasteiger partial charge in [-0.1, -0.05) is 234 Å². The molecule has 2 heteroatoms. The van der Waals surface area contributed by atoms with E-state index in [9.17, 15) is 0 Å². The average Bonchev–Trinajstić information content (AvgIpc) is 3.28. The minimum Gasteiger partial charge on any atom is -0.149 e. The minimum atomic E-state index is -3.36. The number of hydrogen-bond donors (Lipinski definition) is 0. The topological polar surface area (TPSA) is 0 Å². The van der Waals surface area contributed by atoms with Crippen molar-refractivity contribution in [3.05, 3.63) is 300 Å². The Bertz CT molecular complexity index is 2690. The molecule has 0 heterocycles. The van der Waals surface area contributed by atoms with Gasteiger partial charge < -0.3 is 0 Å². The summed E-state index contributed by atoms with van der Waals surface area (Å²) in [7, 11) is -3.36. The highest BCUT2D eigenvalue weighted by Gasteiger charge is 2.40. The van der Waals surface area contributed by atoms with Crippen molar-refractivity contribution < 1.29 is 0 Å². The maximum Gasteiger partial charge on any atom is 0.247 e. The Balaban J connectivity index is 1.31. The highest BCUT2D eigenvalue weighted by molar-refractivity contribution is 7.40. The van der Waals surface area contributed by atoms with Crippen molar-refractivity contribution in [1.29, 1.82) is 0 Å². The SMILES string of the molecule is Cc1cccc(Cc2cc(Cc3cccc(C)c3)cc([Si](Cl)(c3cc(Cc4cccc(C)c4)cc(Cc4cccc(C)c4)c3)c3cc(Cc4cccc(C)c4)cc(Cc4cccc(C)c4)c3)c2)c1. The van der Waals surface area contributed by atoms with Gasteiger partial charge in [0.15, 0.2) is 0 Å². The second-order valence-corrected chi connectivity index (χ2v) is 24.5. The van der Waals surface area contributed by atoms with Gasteiger partial charge in [-0.2, -0.15) is 0 Å². The molecule has 0 aliphatic heterocycles. The fourth-order valence-corrected chi connectivity index (χ4v) is 14.6. The Labute approximate surface area is 412 Å². The van der Waals surface area contributed by atoms with Crippen LogP contribution in [0.15, 0.2) is 200 Å². The molecule has 9 aromatic rings. The van der Waals surface area contributed by atoms with Crippen molar-refractivity contribution in [2.75, 3.05) is 0 Å². The van der Waals surface area contributed by atoms with E-state index < -0.39 is 7.38 Å².